The number of nitrogens with zero attached hydrogens (tertiary/aromatic N) is 1. The lowest BCUT2D eigenvalue weighted by Crippen LogP contribution is -2.30. The van der Waals surface area contributed by atoms with Crippen LogP contribution in [0, 0.1) is 5.41 Å². The lowest BCUT2D eigenvalue weighted by Gasteiger charge is -2.33. The topological polar surface area (TPSA) is 3.24 Å². The fourth-order valence-corrected chi connectivity index (χ4v) is 3.39. The van der Waals surface area contributed by atoms with Gasteiger partial charge in [-0.25, -0.2) is 0 Å². The molecule has 1 aliphatic carbocycles. The first-order chi connectivity index (χ1) is 6.92. The monoisotopic (exact) mass is 267 g/mol. The van der Waals surface area contributed by atoms with Gasteiger partial charge in [0.2, 0.25) is 0 Å². The Morgan fingerprint density at radius 1 is 1.33 bits per heavy atom. The smallest absolute Gasteiger partial charge is 0.0398 e. The van der Waals surface area contributed by atoms with E-state index in [1.54, 1.807) is 0 Å². The van der Waals surface area contributed by atoms with Crippen molar-refractivity contribution in [3.63, 3.8) is 0 Å². The standard InChI is InChI=1S/C13H18BrN/c1-13(2)8-9-7-10(14)5-6-11(9)12(13)15(3)4/h5-7,12H,8H2,1-4H3. The molecule has 1 unspecified atom stereocenters. The van der Waals surface area contributed by atoms with Gasteiger partial charge in [-0.2, -0.15) is 0 Å². The van der Waals surface area contributed by atoms with E-state index >= 15 is 0 Å². The molecule has 82 valence electrons. The summed E-state index contributed by atoms with van der Waals surface area (Å²) in [5, 5.41) is 0. The van der Waals surface area contributed by atoms with Crippen LogP contribution in [0.2, 0.25) is 0 Å². The zero-order chi connectivity index (χ0) is 11.2. The third kappa shape index (κ3) is 1.85. The van der Waals surface area contributed by atoms with Crippen LogP contribution in [-0.4, -0.2) is 19.0 Å². The van der Waals surface area contributed by atoms with Crippen molar-refractivity contribution < 1.29 is 0 Å². The van der Waals surface area contributed by atoms with Crippen LogP contribution in [0.4, 0.5) is 0 Å². The lowest BCUT2D eigenvalue weighted by atomic mass is 9.85. The van der Waals surface area contributed by atoms with E-state index in [1.807, 2.05) is 0 Å². The Labute approximate surface area is 101 Å². The van der Waals surface area contributed by atoms with Gasteiger partial charge >= 0.3 is 0 Å². The summed E-state index contributed by atoms with van der Waals surface area (Å²) in [7, 11) is 4.34. The van der Waals surface area contributed by atoms with E-state index in [1.165, 1.54) is 22.0 Å². The molecular weight excluding hydrogens is 250 g/mol. The van der Waals surface area contributed by atoms with Crippen molar-refractivity contribution in [2.45, 2.75) is 26.3 Å². The minimum atomic E-state index is 0.340. The fourth-order valence-electron chi connectivity index (χ4n) is 2.98. The Morgan fingerprint density at radius 2 is 2.00 bits per heavy atom. The maximum atomic E-state index is 3.55. The molecule has 0 N–H and O–H groups in total. The molecule has 0 saturated carbocycles. The summed E-state index contributed by atoms with van der Waals surface area (Å²) in [6.45, 7) is 4.71. The Balaban J connectivity index is 2.50. The van der Waals surface area contributed by atoms with Gasteiger partial charge in [0.25, 0.3) is 0 Å². The number of rotatable bonds is 1. The van der Waals surface area contributed by atoms with Crippen LogP contribution in [0.15, 0.2) is 22.7 Å². The third-order valence-electron chi connectivity index (χ3n) is 3.30. The second kappa shape index (κ2) is 3.60. The predicted molar refractivity (Wildman–Crippen MR) is 68.1 cm³/mol. The van der Waals surface area contributed by atoms with Crippen LogP contribution in [0.1, 0.15) is 31.0 Å². The summed E-state index contributed by atoms with van der Waals surface area (Å²) in [6.07, 6.45) is 1.17. The molecule has 0 bridgehead atoms. The lowest BCUT2D eigenvalue weighted by molar-refractivity contribution is 0.156. The molecule has 0 amide bonds. The Kier molecular flexibility index (Phi) is 2.68. The van der Waals surface area contributed by atoms with E-state index in [2.05, 4.69) is 67.0 Å². The van der Waals surface area contributed by atoms with Crippen molar-refractivity contribution in [3.8, 4) is 0 Å². The third-order valence-corrected chi connectivity index (χ3v) is 3.80. The number of benzene rings is 1. The summed E-state index contributed by atoms with van der Waals surface area (Å²) in [5.41, 5.74) is 3.33. The van der Waals surface area contributed by atoms with Crippen LogP contribution in [0.25, 0.3) is 0 Å². The fraction of sp³-hybridized carbons (Fsp3) is 0.538. The Bertz CT molecular complexity index is 382. The molecule has 15 heavy (non-hydrogen) atoms. The van der Waals surface area contributed by atoms with Crippen LogP contribution in [-0.2, 0) is 6.42 Å². The van der Waals surface area contributed by atoms with E-state index < -0.39 is 0 Å². The number of fused-ring (bicyclic) bond motifs is 1. The second-order valence-corrected chi connectivity index (χ2v) is 6.29. The molecule has 1 aromatic carbocycles. The molecule has 1 aliphatic rings. The average molecular weight is 268 g/mol. The molecule has 0 aromatic heterocycles. The van der Waals surface area contributed by atoms with Crippen molar-refractivity contribution in [2.75, 3.05) is 14.1 Å². The number of hydrogen-bond acceptors (Lipinski definition) is 1. The van der Waals surface area contributed by atoms with E-state index in [0.717, 1.165) is 0 Å². The maximum absolute atomic E-state index is 3.55. The van der Waals surface area contributed by atoms with Crippen molar-refractivity contribution in [2.24, 2.45) is 5.41 Å². The molecule has 0 heterocycles. The number of hydrogen-bond donors (Lipinski definition) is 0. The predicted octanol–water partition coefficient (Wildman–Crippen LogP) is 3.63. The first-order valence-electron chi connectivity index (χ1n) is 5.36. The van der Waals surface area contributed by atoms with Crippen LogP contribution >= 0.6 is 15.9 Å². The SMILES string of the molecule is CN(C)C1c2ccc(Br)cc2CC1(C)C. The van der Waals surface area contributed by atoms with E-state index in [9.17, 15) is 0 Å². The first-order valence-corrected chi connectivity index (χ1v) is 6.16. The van der Waals surface area contributed by atoms with Gasteiger partial charge in [0.1, 0.15) is 0 Å². The molecular formula is C13H18BrN. The van der Waals surface area contributed by atoms with Gasteiger partial charge in [-0.1, -0.05) is 35.8 Å². The normalized spacial score (nSPS) is 23.2. The summed E-state index contributed by atoms with van der Waals surface area (Å²) >= 11 is 3.55. The highest BCUT2D eigenvalue weighted by molar-refractivity contribution is 9.10. The van der Waals surface area contributed by atoms with Gasteiger partial charge in [-0.15, -0.1) is 0 Å². The second-order valence-electron chi connectivity index (χ2n) is 5.37. The molecule has 0 fully saturated rings. The van der Waals surface area contributed by atoms with Crippen molar-refractivity contribution >= 4 is 15.9 Å². The molecule has 2 heteroatoms. The van der Waals surface area contributed by atoms with Gasteiger partial charge < -0.3 is 4.90 Å². The van der Waals surface area contributed by atoms with E-state index in [4.69, 9.17) is 0 Å². The van der Waals surface area contributed by atoms with Gasteiger partial charge in [0.15, 0.2) is 0 Å². The summed E-state index contributed by atoms with van der Waals surface area (Å²) in [6, 6.07) is 7.22. The zero-order valence-electron chi connectivity index (χ0n) is 9.84. The molecule has 0 radical (unpaired) electrons. The minimum absolute atomic E-state index is 0.340. The molecule has 0 spiro atoms. The van der Waals surface area contributed by atoms with Crippen molar-refractivity contribution in [1.29, 1.82) is 0 Å². The highest BCUT2D eigenvalue weighted by Gasteiger charge is 2.39. The van der Waals surface area contributed by atoms with Crippen molar-refractivity contribution in [1.82, 2.24) is 4.90 Å². The summed E-state index contributed by atoms with van der Waals surface area (Å²) in [4.78, 5) is 2.33. The average Bonchev–Trinajstić information content (AvgIpc) is 2.33. The zero-order valence-corrected chi connectivity index (χ0v) is 11.4. The Hall–Kier alpha value is -0.340. The van der Waals surface area contributed by atoms with Crippen LogP contribution in [0.5, 0.6) is 0 Å². The van der Waals surface area contributed by atoms with Gasteiger partial charge in [-0.3, -0.25) is 0 Å². The van der Waals surface area contributed by atoms with E-state index in [0.29, 0.717) is 11.5 Å². The molecule has 1 aromatic rings. The van der Waals surface area contributed by atoms with Crippen LogP contribution in [0.3, 0.4) is 0 Å². The van der Waals surface area contributed by atoms with Gasteiger partial charge in [0.05, 0.1) is 0 Å². The maximum Gasteiger partial charge on any atom is 0.0398 e. The molecule has 2 rings (SSSR count). The van der Waals surface area contributed by atoms with Gasteiger partial charge in [0, 0.05) is 10.5 Å². The van der Waals surface area contributed by atoms with Gasteiger partial charge in [-0.05, 0) is 49.2 Å². The summed E-state index contributed by atoms with van der Waals surface area (Å²) in [5.74, 6) is 0. The quantitative estimate of drug-likeness (QED) is 0.751. The highest BCUT2D eigenvalue weighted by Crippen LogP contribution is 2.48. The molecule has 0 aliphatic heterocycles. The van der Waals surface area contributed by atoms with Crippen LogP contribution < -0.4 is 0 Å². The Morgan fingerprint density at radius 3 is 2.60 bits per heavy atom. The number of halogens is 1. The largest absolute Gasteiger partial charge is 0.302 e. The molecule has 0 saturated heterocycles. The summed E-state index contributed by atoms with van der Waals surface area (Å²) < 4.78 is 1.19. The van der Waals surface area contributed by atoms with E-state index in [-0.39, 0.29) is 0 Å². The highest BCUT2D eigenvalue weighted by atomic mass is 79.9. The first kappa shape index (κ1) is 11.2. The minimum Gasteiger partial charge on any atom is -0.302 e. The van der Waals surface area contributed by atoms with Crippen molar-refractivity contribution in [3.05, 3.63) is 33.8 Å². The molecule has 1 nitrogen and oxygen atoms in total. The molecule has 1 atom stereocenters.